The van der Waals surface area contributed by atoms with Gasteiger partial charge < -0.3 is 5.73 Å². The van der Waals surface area contributed by atoms with Gasteiger partial charge in [-0.2, -0.15) is 10.2 Å². The van der Waals surface area contributed by atoms with Gasteiger partial charge in [0.15, 0.2) is 0 Å². The smallest absolute Gasteiger partial charge is 0.243 e. The molecule has 2 aromatic heterocycles. The third-order valence-corrected chi connectivity index (χ3v) is 4.09. The van der Waals surface area contributed by atoms with Gasteiger partial charge in [0.25, 0.3) is 0 Å². The van der Waals surface area contributed by atoms with E-state index >= 15 is 0 Å². The van der Waals surface area contributed by atoms with Crippen molar-refractivity contribution in [3.05, 3.63) is 30.4 Å². The number of nitrogens with two attached hydrogens (primary N) is 1. The molecule has 3 N–H and O–H groups in total. The number of hydrogen-bond donors (Lipinski definition) is 2. The Morgan fingerprint density at radius 1 is 1.20 bits per heavy atom. The van der Waals surface area contributed by atoms with Crippen LogP contribution in [0.1, 0.15) is 5.56 Å². The molecule has 2 aromatic rings. The summed E-state index contributed by atoms with van der Waals surface area (Å²) in [5.41, 5.74) is 6.43. The van der Waals surface area contributed by atoms with E-state index in [-0.39, 0.29) is 11.4 Å². The zero-order valence-electron chi connectivity index (χ0n) is 11.2. The lowest BCUT2D eigenvalue weighted by Crippen LogP contribution is -2.27. The zero-order chi connectivity index (χ0) is 14.6. The van der Waals surface area contributed by atoms with Crippen molar-refractivity contribution in [1.29, 1.82) is 0 Å². The Morgan fingerprint density at radius 2 is 1.90 bits per heavy atom. The van der Waals surface area contributed by atoms with Crippen LogP contribution in [0, 0.1) is 6.92 Å². The number of aromatic nitrogens is 4. The molecule has 2 heterocycles. The Morgan fingerprint density at radius 3 is 2.55 bits per heavy atom. The number of nitrogens with zero attached hydrogens (tertiary/aromatic N) is 4. The summed E-state index contributed by atoms with van der Waals surface area (Å²) in [6, 6.07) is 0. The molecule has 0 bridgehead atoms. The first-order valence-electron chi connectivity index (χ1n) is 6.22. The Bertz CT molecular complexity index is 660. The average molecular weight is 298 g/mol. The third kappa shape index (κ3) is 3.65. The van der Waals surface area contributed by atoms with E-state index in [1.807, 2.05) is 13.1 Å². The van der Waals surface area contributed by atoms with Crippen LogP contribution >= 0.6 is 0 Å². The number of aryl methyl sites for hydroxylation is 1. The molecule has 110 valence electrons. The Balaban J connectivity index is 1.92. The predicted molar refractivity (Wildman–Crippen MR) is 73.4 cm³/mol. The van der Waals surface area contributed by atoms with Crippen molar-refractivity contribution in [2.75, 3.05) is 13.1 Å². The van der Waals surface area contributed by atoms with Crippen LogP contribution in [0.4, 0.5) is 0 Å². The van der Waals surface area contributed by atoms with Crippen molar-refractivity contribution in [1.82, 2.24) is 24.3 Å². The summed E-state index contributed by atoms with van der Waals surface area (Å²) in [6.45, 7) is 3.57. The molecule has 0 unspecified atom stereocenters. The Kier molecular flexibility index (Phi) is 4.53. The van der Waals surface area contributed by atoms with Crippen molar-refractivity contribution in [3.63, 3.8) is 0 Å². The van der Waals surface area contributed by atoms with E-state index in [2.05, 4.69) is 14.9 Å². The first-order chi connectivity index (χ1) is 9.51. The van der Waals surface area contributed by atoms with Gasteiger partial charge in [0.1, 0.15) is 4.90 Å². The van der Waals surface area contributed by atoms with E-state index in [9.17, 15) is 8.42 Å². The van der Waals surface area contributed by atoms with Crippen molar-refractivity contribution in [2.45, 2.75) is 24.9 Å². The molecule has 2 rings (SSSR count). The third-order valence-electron chi connectivity index (χ3n) is 2.67. The molecule has 0 aromatic carbocycles. The van der Waals surface area contributed by atoms with Gasteiger partial charge in [-0.3, -0.25) is 9.36 Å². The Labute approximate surface area is 117 Å². The van der Waals surface area contributed by atoms with Gasteiger partial charge in [-0.15, -0.1) is 0 Å². The van der Waals surface area contributed by atoms with Crippen LogP contribution in [0.15, 0.2) is 29.7 Å². The topological polar surface area (TPSA) is 108 Å². The standard InChI is InChI=1S/C11H18N6O2S/c1-10-6-13-17(8-10)5-3-15-20(18,19)11-7-14-16(9-11)4-2-12/h6-9,15H,2-5,12H2,1H3. The number of nitrogens with one attached hydrogen (secondary N) is 1. The second-order valence-electron chi connectivity index (χ2n) is 4.41. The molecule has 9 heteroatoms. The van der Waals surface area contributed by atoms with E-state index < -0.39 is 10.0 Å². The molecule has 0 saturated carbocycles. The minimum absolute atomic E-state index is 0.141. The molecular formula is C11H18N6O2S. The quantitative estimate of drug-likeness (QED) is 0.704. The molecule has 20 heavy (non-hydrogen) atoms. The molecule has 0 aliphatic rings. The zero-order valence-corrected chi connectivity index (χ0v) is 12.0. The molecule has 0 radical (unpaired) electrons. The fourth-order valence-electron chi connectivity index (χ4n) is 1.71. The van der Waals surface area contributed by atoms with Crippen LogP contribution in [-0.2, 0) is 23.1 Å². The van der Waals surface area contributed by atoms with Gasteiger partial charge in [-0.25, -0.2) is 13.1 Å². The van der Waals surface area contributed by atoms with Crippen LogP contribution in [0.2, 0.25) is 0 Å². The van der Waals surface area contributed by atoms with Crippen LogP contribution in [0.25, 0.3) is 0 Å². The normalized spacial score (nSPS) is 11.9. The summed E-state index contributed by atoms with van der Waals surface area (Å²) in [6.07, 6.45) is 6.36. The highest BCUT2D eigenvalue weighted by molar-refractivity contribution is 7.89. The molecule has 0 saturated heterocycles. The summed E-state index contributed by atoms with van der Waals surface area (Å²) in [5, 5.41) is 8.03. The van der Waals surface area contributed by atoms with Gasteiger partial charge >= 0.3 is 0 Å². The minimum atomic E-state index is -3.54. The van der Waals surface area contributed by atoms with Crippen molar-refractivity contribution < 1.29 is 8.42 Å². The van der Waals surface area contributed by atoms with Crippen LogP contribution < -0.4 is 10.5 Å². The number of hydrogen-bond acceptors (Lipinski definition) is 5. The van der Waals surface area contributed by atoms with Gasteiger partial charge in [-0.1, -0.05) is 0 Å². The van der Waals surface area contributed by atoms with E-state index in [4.69, 9.17) is 5.73 Å². The van der Waals surface area contributed by atoms with Crippen LogP contribution in [0.3, 0.4) is 0 Å². The highest BCUT2D eigenvalue weighted by Crippen LogP contribution is 2.06. The van der Waals surface area contributed by atoms with E-state index in [1.54, 1.807) is 10.9 Å². The van der Waals surface area contributed by atoms with Gasteiger partial charge in [0.2, 0.25) is 10.0 Å². The number of rotatable bonds is 7. The minimum Gasteiger partial charge on any atom is -0.329 e. The fourth-order valence-corrected chi connectivity index (χ4v) is 2.68. The van der Waals surface area contributed by atoms with E-state index in [1.165, 1.54) is 17.1 Å². The lowest BCUT2D eigenvalue weighted by atomic mass is 10.4. The van der Waals surface area contributed by atoms with Gasteiger partial charge in [0.05, 0.1) is 25.5 Å². The first-order valence-corrected chi connectivity index (χ1v) is 7.71. The molecular weight excluding hydrogens is 280 g/mol. The molecule has 0 spiro atoms. The molecule has 0 fully saturated rings. The maximum Gasteiger partial charge on any atom is 0.243 e. The maximum atomic E-state index is 12.0. The lowest BCUT2D eigenvalue weighted by molar-refractivity contribution is 0.560. The molecule has 0 aliphatic heterocycles. The second kappa shape index (κ2) is 6.16. The lowest BCUT2D eigenvalue weighted by Gasteiger charge is -2.04. The van der Waals surface area contributed by atoms with Gasteiger partial charge in [-0.05, 0) is 12.5 Å². The summed E-state index contributed by atoms with van der Waals surface area (Å²) >= 11 is 0. The first kappa shape index (κ1) is 14.7. The van der Waals surface area contributed by atoms with Crippen molar-refractivity contribution >= 4 is 10.0 Å². The molecule has 8 nitrogen and oxygen atoms in total. The average Bonchev–Trinajstić information content (AvgIpc) is 2.99. The van der Waals surface area contributed by atoms with Gasteiger partial charge in [0, 0.05) is 25.5 Å². The second-order valence-corrected chi connectivity index (χ2v) is 6.17. The fraction of sp³-hybridized carbons (Fsp3) is 0.455. The molecule has 0 aliphatic carbocycles. The maximum absolute atomic E-state index is 12.0. The van der Waals surface area contributed by atoms with Crippen molar-refractivity contribution in [2.24, 2.45) is 5.73 Å². The number of sulfonamides is 1. The van der Waals surface area contributed by atoms with Crippen LogP contribution in [0.5, 0.6) is 0 Å². The Hall–Kier alpha value is -1.71. The van der Waals surface area contributed by atoms with E-state index in [0.717, 1.165) is 5.56 Å². The molecule has 0 atom stereocenters. The summed E-state index contributed by atoms with van der Waals surface area (Å²) in [7, 11) is -3.54. The highest BCUT2D eigenvalue weighted by atomic mass is 32.2. The summed E-state index contributed by atoms with van der Waals surface area (Å²) in [5.74, 6) is 0. The van der Waals surface area contributed by atoms with E-state index in [0.29, 0.717) is 19.6 Å². The monoisotopic (exact) mass is 298 g/mol. The summed E-state index contributed by atoms with van der Waals surface area (Å²) in [4.78, 5) is 0.141. The largest absolute Gasteiger partial charge is 0.329 e. The highest BCUT2D eigenvalue weighted by Gasteiger charge is 2.15. The van der Waals surface area contributed by atoms with Crippen LogP contribution in [-0.4, -0.2) is 41.1 Å². The predicted octanol–water partition coefficient (Wildman–Crippen LogP) is -0.675. The summed E-state index contributed by atoms with van der Waals surface area (Å²) < 4.78 is 29.8. The van der Waals surface area contributed by atoms with Crippen molar-refractivity contribution in [3.8, 4) is 0 Å². The SMILES string of the molecule is Cc1cnn(CCNS(=O)(=O)c2cnn(CCN)c2)c1. The molecule has 0 amide bonds.